The van der Waals surface area contributed by atoms with Crippen LogP contribution in [0, 0.1) is 0 Å². The van der Waals surface area contributed by atoms with Crippen molar-refractivity contribution >= 4 is 21.7 Å². The summed E-state index contributed by atoms with van der Waals surface area (Å²) >= 11 is 0. The molecule has 0 aliphatic carbocycles. The van der Waals surface area contributed by atoms with E-state index in [0.29, 0.717) is 17.7 Å². The van der Waals surface area contributed by atoms with Crippen LogP contribution >= 0.6 is 0 Å². The highest BCUT2D eigenvalue weighted by molar-refractivity contribution is 7.88. The molecular formula is C14H22N2O4S. The summed E-state index contributed by atoms with van der Waals surface area (Å²) in [5.74, 6) is -0.723. The van der Waals surface area contributed by atoms with Gasteiger partial charge in [0.05, 0.1) is 12.4 Å². The van der Waals surface area contributed by atoms with E-state index in [1.54, 1.807) is 31.2 Å². The van der Waals surface area contributed by atoms with Crippen molar-refractivity contribution in [1.82, 2.24) is 4.31 Å². The van der Waals surface area contributed by atoms with E-state index in [-0.39, 0.29) is 25.4 Å². The van der Waals surface area contributed by atoms with Crippen LogP contribution in [0.5, 0.6) is 0 Å². The Kier molecular flexibility index (Phi) is 6.64. The second-order valence-corrected chi connectivity index (χ2v) is 6.61. The smallest absolute Gasteiger partial charge is 0.321 e. The van der Waals surface area contributed by atoms with Crippen LogP contribution in [0.2, 0.25) is 0 Å². The van der Waals surface area contributed by atoms with Gasteiger partial charge in [0.25, 0.3) is 0 Å². The van der Waals surface area contributed by atoms with Crippen LogP contribution < -0.4 is 5.73 Å². The number of benzene rings is 1. The zero-order valence-electron chi connectivity index (χ0n) is 12.4. The molecule has 6 nitrogen and oxygen atoms in total. The van der Waals surface area contributed by atoms with E-state index < -0.39 is 16.0 Å². The molecule has 0 atom stereocenters. The number of sulfonamides is 1. The number of nitrogens with two attached hydrogens (primary N) is 1. The number of ether oxygens (including phenoxy) is 1. The topological polar surface area (TPSA) is 89.7 Å². The van der Waals surface area contributed by atoms with Crippen molar-refractivity contribution in [2.45, 2.75) is 26.0 Å². The minimum atomic E-state index is -3.59. The molecule has 0 aromatic heterocycles. The first-order valence-electron chi connectivity index (χ1n) is 6.87. The van der Waals surface area contributed by atoms with E-state index in [1.165, 1.54) is 0 Å². The summed E-state index contributed by atoms with van der Waals surface area (Å²) in [6.45, 7) is 3.79. The van der Waals surface area contributed by atoms with Gasteiger partial charge < -0.3 is 10.5 Å². The number of rotatable bonds is 8. The van der Waals surface area contributed by atoms with Crippen LogP contribution in [-0.4, -0.2) is 38.4 Å². The lowest BCUT2D eigenvalue weighted by molar-refractivity contribution is -0.143. The monoisotopic (exact) mass is 314 g/mol. The van der Waals surface area contributed by atoms with E-state index in [9.17, 15) is 13.2 Å². The average molecular weight is 314 g/mol. The van der Waals surface area contributed by atoms with Crippen molar-refractivity contribution in [2.75, 3.05) is 25.4 Å². The highest BCUT2D eigenvalue weighted by atomic mass is 32.2. The van der Waals surface area contributed by atoms with Gasteiger partial charge in [0.1, 0.15) is 6.54 Å². The Bertz CT molecular complexity index is 572. The van der Waals surface area contributed by atoms with Gasteiger partial charge in [-0.15, -0.1) is 0 Å². The molecule has 0 saturated carbocycles. The number of anilines is 1. The Morgan fingerprint density at radius 3 is 2.62 bits per heavy atom. The lowest BCUT2D eigenvalue weighted by atomic mass is 10.2. The van der Waals surface area contributed by atoms with Gasteiger partial charge in [-0.2, -0.15) is 4.31 Å². The van der Waals surface area contributed by atoms with Crippen LogP contribution in [0.4, 0.5) is 5.69 Å². The fraction of sp³-hybridized carbons (Fsp3) is 0.500. The lowest BCUT2D eigenvalue weighted by Crippen LogP contribution is -2.37. The van der Waals surface area contributed by atoms with Crippen LogP contribution in [0.15, 0.2) is 24.3 Å². The zero-order chi connectivity index (χ0) is 15.9. The number of esters is 1. The summed E-state index contributed by atoms with van der Waals surface area (Å²) in [6.07, 6.45) is 0.621. The number of hydrogen-bond donors (Lipinski definition) is 1. The van der Waals surface area contributed by atoms with Crippen molar-refractivity contribution in [2.24, 2.45) is 0 Å². The Balaban J connectivity index is 2.86. The molecule has 0 bridgehead atoms. The SMILES string of the molecule is CCCN(CC(=O)OCC)S(=O)(=O)Cc1cccc(N)c1. The molecule has 0 saturated heterocycles. The van der Waals surface area contributed by atoms with Crippen LogP contribution in [0.25, 0.3) is 0 Å². The Hall–Kier alpha value is -1.60. The Morgan fingerprint density at radius 2 is 2.05 bits per heavy atom. The third-order valence-electron chi connectivity index (χ3n) is 2.78. The quantitative estimate of drug-likeness (QED) is 0.578. The average Bonchev–Trinajstić information content (AvgIpc) is 2.38. The fourth-order valence-electron chi connectivity index (χ4n) is 1.90. The van der Waals surface area contributed by atoms with E-state index in [2.05, 4.69) is 0 Å². The van der Waals surface area contributed by atoms with Crippen molar-refractivity contribution in [1.29, 1.82) is 0 Å². The maximum atomic E-state index is 12.4. The van der Waals surface area contributed by atoms with Gasteiger partial charge in [0.2, 0.25) is 10.0 Å². The summed E-state index contributed by atoms with van der Waals surface area (Å²) in [4.78, 5) is 11.5. The second-order valence-electron chi connectivity index (χ2n) is 4.64. The van der Waals surface area contributed by atoms with E-state index in [1.807, 2.05) is 6.92 Å². The number of carbonyl (C=O) groups is 1. The molecule has 21 heavy (non-hydrogen) atoms. The molecule has 2 N–H and O–H groups in total. The third-order valence-corrected chi connectivity index (χ3v) is 4.57. The summed E-state index contributed by atoms with van der Waals surface area (Å²) in [6, 6.07) is 6.71. The summed E-state index contributed by atoms with van der Waals surface area (Å²) < 4.78 is 30.8. The van der Waals surface area contributed by atoms with Crippen LogP contribution in [0.3, 0.4) is 0 Å². The predicted molar refractivity (Wildman–Crippen MR) is 82.0 cm³/mol. The summed E-state index contributed by atoms with van der Waals surface area (Å²) in [5.41, 5.74) is 6.76. The first-order valence-corrected chi connectivity index (χ1v) is 8.47. The maximum absolute atomic E-state index is 12.4. The number of nitrogens with zero attached hydrogens (tertiary/aromatic N) is 1. The number of nitrogen functional groups attached to an aromatic ring is 1. The molecule has 0 fully saturated rings. The van der Waals surface area contributed by atoms with Crippen molar-refractivity contribution in [3.8, 4) is 0 Å². The number of carbonyl (C=O) groups excluding carboxylic acids is 1. The van der Waals surface area contributed by atoms with Gasteiger partial charge in [0, 0.05) is 12.2 Å². The Morgan fingerprint density at radius 1 is 1.33 bits per heavy atom. The Labute approximate surface area is 125 Å². The molecule has 0 unspecified atom stereocenters. The van der Waals surface area contributed by atoms with Gasteiger partial charge in [-0.05, 0) is 31.0 Å². The van der Waals surface area contributed by atoms with Gasteiger partial charge in [-0.1, -0.05) is 19.1 Å². The fourth-order valence-corrected chi connectivity index (χ4v) is 3.45. The molecule has 0 aliphatic rings. The second kappa shape index (κ2) is 7.99. The first kappa shape index (κ1) is 17.5. The van der Waals surface area contributed by atoms with Gasteiger partial charge >= 0.3 is 5.97 Å². The van der Waals surface area contributed by atoms with E-state index in [0.717, 1.165) is 4.31 Å². The molecular weight excluding hydrogens is 292 g/mol. The molecule has 0 heterocycles. The lowest BCUT2D eigenvalue weighted by Gasteiger charge is -2.20. The van der Waals surface area contributed by atoms with Crippen molar-refractivity contribution in [3.63, 3.8) is 0 Å². The van der Waals surface area contributed by atoms with Crippen LogP contribution in [-0.2, 0) is 25.3 Å². The molecule has 0 aliphatic heterocycles. The third kappa shape index (κ3) is 5.73. The van der Waals surface area contributed by atoms with E-state index >= 15 is 0 Å². The van der Waals surface area contributed by atoms with Crippen molar-refractivity contribution in [3.05, 3.63) is 29.8 Å². The molecule has 1 rings (SSSR count). The van der Waals surface area contributed by atoms with Gasteiger partial charge in [0.15, 0.2) is 0 Å². The molecule has 118 valence electrons. The largest absolute Gasteiger partial charge is 0.465 e. The molecule has 1 aromatic carbocycles. The highest BCUT2D eigenvalue weighted by Gasteiger charge is 2.24. The molecule has 0 radical (unpaired) electrons. The van der Waals surface area contributed by atoms with Crippen molar-refractivity contribution < 1.29 is 17.9 Å². The minimum absolute atomic E-state index is 0.183. The molecule has 7 heteroatoms. The molecule has 0 spiro atoms. The predicted octanol–water partition coefficient (Wildman–Crippen LogP) is 1.37. The molecule has 0 amide bonds. The maximum Gasteiger partial charge on any atom is 0.321 e. The highest BCUT2D eigenvalue weighted by Crippen LogP contribution is 2.14. The number of hydrogen-bond acceptors (Lipinski definition) is 5. The van der Waals surface area contributed by atoms with Crippen LogP contribution in [0.1, 0.15) is 25.8 Å². The summed E-state index contributed by atoms with van der Waals surface area (Å²) in [7, 11) is -3.59. The minimum Gasteiger partial charge on any atom is -0.465 e. The summed E-state index contributed by atoms with van der Waals surface area (Å²) in [5, 5.41) is 0. The normalized spacial score (nSPS) is 11.6. The first-order chi connectivity index (χ1) is 9.89. The van der Waals surface area contributed by atoms with E-state index in [4.69, 9.17) is 10.5 Å². The van der Waals surface area contributed by atoms with Gasteiger partial charge in [-0.25, -0.2) is 8.42 Å². The zero-order valence-corrected chi connectivity index (χ0v) is 13.2. The standard InChI is InChI=1S/C14H22N2O4S/c1-3-8-16(10-14(17)20-4-2)21(18,19)11-12-6-5-7-13(15)9-12/h5-7,9H,3-4,8,10-11,15H2,1-2H3. The molecule has 1 aromatic rings. The van der Waals surface area contributed by atoms with Gasteiger partial charge in [-0.3, -0.25) is 4.79 Å².